The number of nitrogens with one attached hydrogen (secondary N) is 1. The zero-order valence-corrected chi connectivity index (χ0v) is 10.8. The van der Waals surface area contributed by atoms with E-state index >= 15 is 0 Å². The van der Waals surface area contributed by atoms with E-state index < -0.39 is 13.0 Å². The molecule has 7 heteroatoms. The molecule has 1 heterocycles. The van der Waals surface area contributed by atoms with Gasteiger partial charge in [0.05, 0.1) is 6.61 Å². The molecule has 104 valence electrons. The van der Waals surface area contributed by atoms with Crippen molar-refractivity contribution in [2.24, 2.45) is 0 Å². The smallest absolute Gasteiger partial charge is 0.262 e. The lowest BCUT2D eigenvalue weighted by Crippen LogP contribution is -2.27. The number of alkyl halides is 2. The summed E-state index contributed by atoms with van der Waals surface area (Å²) >= 11 is 1.22. The molecule has 0 bridgehead atoms. The fourth-order valence-corrected chi connectivity index (χ4v) is 1.97. The first-order valence-corrected chi connectivity index (χ1v) is 6.34. The summed E-state index contributed by atoms with van der Waals surface area (Å²) in [4.78, 5) is 12.2. The molecule has 19 heavy (non-hydrogen) atoms. The van der Waals surface area contributed by atoms with E-state index in [2.05, 4.69) is 21.9 Å². The van der Waals surface area contributed by atoms with Crippen LogP contribution in [0.3, 0.4) is 0 Å². The molecule has 0 atom stereocenters. The Bertz CT molecular complexity index is 465. The monoisotopic (exact) mass is 289 g/mol. The van der Waals surface area contributed by atoms with Crippen molar-refractivity contribution in [3.8, 4) is 11.8 Å². The van der Waals surface area contributed by atoms with E-state index in [-0.39, 0.29) is 25.7 Å². The van der Waals surface area contributed by atoms with Crippen molar-refractivity contribution in [1.29, 1.82) is 0 Å². The summed E-state index contributed by atoms with van der Waals surface area (Å²) in [7, 11) is 0. The number of amides is 1. The predicted molar refractivity (Wildman–Crippen MR) is 67.4 cm³/mol. The molecule has 1 amide bonds. The highest BCUT2D eigenvalue weighted by Gasteiger charge is 2.11. The maximum Gasteiger partial charge on any atom is 0.262 e. The third kappa shape index (κ3) is 5.79. The van der Waals surface area contributed by atoms with Gasteiger partial charge in [0.2, 0.25) is 0 Å². The van der Waals surface area contributed by atoms with Gasteiger partial charge in [-0.05, 0) is 11.4 Å². The lowest BCUT2D eigenvalue weighted by Gasteiger charge is -2.05. The summed E-state index contributed by atoms with van der Waals surface area (Å²) in [5.74, 6) is 4.78. The zero-order valence-electron chi connectivity index (χ0n) is 9.99. The first-order chi connectivity index (χ1) is 9.15. The molecule has 0 saturated heterocycles. The van der Waals surface area contributed by atoms with Crippen molar-refractivity contribution in [3.05, 3.63) is 21.9 Å². The molecule has 4 nitrogen and oxygen atoms in total. The molecule has 0 saturated carbocycles. The number of halogens is 2. The molecule has 0 aliphatic rings. The number of carbonyl (C=O) groups excluding carboxylic acids is 1. The van der Waals surface area contributed by atoms with E-state index in [0.29, 0.717) is 10.4 Å². The Morgan fingerprint density at radius 2 is 2.37 bits per heavy atom. The quantitative estimate of drug-likeness (QED) is 0.609. The summed E-state index contributed by atoms with van der Waals surface area (Å²) < 4.78 is 28.2. The summed E-state index contributed by atoms with van der Waals surface area (Å²) in [5.41, 5.74) is 0.532. The van der Waals surface area contributed by atoms with Gasteiger partial charge in [0.1, 0.15) is 18.1 Å². The van der Waals surface area contributed by atoms with Gasteiger partial charge >= 0.3 is 0 Å². The molecule has 0 aliphatic carbocycles. The first-order valence-electron chi connectivity index (χ1n) is 5.46. The molecule has 1 rings (SSSR count). The van der Waals surface area contributed by atoms with Crippen LogP contribution < -0.4 is 5.32 Å². The van der Waals surface area contributed by atoms with Crippen LogP contribution in [0.2, 0.25) is 0 Å². The molecule has 0 spiro atoms. The third-order valence-electron chi connectivity index (χ3n) is 1.95. The van der Waals surface area contributed by atoms with Gasteiger partial charge in [-0.2, -0.15) is 0 Å². The normalized spacial score (nSPS) is 10.1. The Kier molecular flexibility index (Phi) is 7.03. The third-order valence-corrected chi connectivity index (χ3v) is 2.86. The van der Waals surface area contributed by atoms with Crippen LogP contribution in [-0.4, -0.2) is 43.8 Å². The lowest BCUT2D eigenvalue weighted by atomic mass is 10.2. The minimum absolute atomic E-state index is 0.0269. The van der Waals surface area contributed by atoms with Gasteiger partial charge in [-0.25, -0.2) is 8.78 Å². The van der Waals surface area contributed by atoms with E-state index in [9.17, 15) is 13.6 Å². The summed E-state index contributed by atoms with van der Waals surface area (Å²) in [6.07, 6.45) is -2.51. The molecular formula is C12H13F2NO3S. The molecule has 0 fully saturated rings. The average molecular weight is 289 g/mol. The van der Waals surface area contributed by atoms with E-state index in [1.165, 1.54) is 11.3 Å². The number of aliphatic hydroxyl groups excluding tert-OH is 1. The molecule has 0 aliphatic heterocycles. The van der Waals surface area contributed by atoms with E-state index in [4.69, 9.17) is 5.11 Å². The Hall–Kier alpha value is -1.49. The van der Waals surface area contributed by atoms with Crippen molar-refractivity contribution in [1.82, 2.24) is 5.32 Å². The number of rotatable bonds is 6. The van der Waals surface area contributed by atoms with Crippen LogP contribution in [0.5, 0.6) is 0 Å². The zero-order chi connectivity index (χ0) is 14.1. The van der Waals surface area contributed by atoms with Gasteiger partial charge in [-0.15, -0.1) is 11.3 Å². The number of hydrogen-bond acceptors (Lipinski definition) is 4. The second-order valence-electron chi connectivity index (χ2n) is 3.35. The molecule has 1 aromatic rings. The van der Waals surface area contributed by atoms with Crippen molar-refractivity contribution in [2.75, 3.05) is 26.4 Å². The first kappa shape index (κ1) is 15.6. The number of hydrogen-bond donors (Lipinski definition) is 2. The highest BCUT2D eigenvalue weighted by atomic mass is 32.1. The van der Waals surface area contributed by atoms with Gasteiger partial charge in [0, 0.05) is 12.1 Å². The number of carbonyl (C=O) groups is 1. The molecule has 0 aromatic carbocycles. The summed E-state index contributed by atoms with van der Waals surface area (Å²) in [6.45, 7) is -0.740. The Balaban J connectivity index is 2.39. The van der Waals surface area contributed by atoms with Gasteiger partial charge < -0.3 is 15.2 Å². The highest BCUT2D eigenvalue weighted by molar-refractivity contribution is 7.12. The Morgan fingerprint density at radius 1 is 1.58 bits per heavy atom. The van der Waals surface area contributed by atoms with Gasteiger partial charge in [-0.3, -0.25) is 4.79 Å². The van der Waals surface area contributed by atoms with E-state index in [1.54, 1.807) is 11.4 Å². The van der Waals surface area contributed by atoms with Crippen molar-refractivity contribution in [2.45, 2.75) is 6.43 Å². The number of thiophene rings is 1. The van der Waals surface area contributed by atoms with Crippen LogP contribution in [0.15, 0.2) is 11.4 Å². The number of aliphatic hydroxyl groups is 1. The predicted octanol–water partition coefficient (Wildman–Crippen LogP) is 1.10. The largest absolute Gasteiger partial charge is 0.384 e. The average Bonchev–Trinajstić information content (AvgIpc) is 2.83. The molecule has 1 aromatic heterocycles. The van der Waals surface area contributed by atoms with Gasteiger partial charge in [0.25, 0.3) is 12.3 Å². The highest BCUT2D eigenvalue weighted by Crippen LogP contribution is 2.15. The van der Waals surface area contributed by atoms with Crippen LogP contribution >= 0.6 is 11.3 Å². The standard InChI is InChI=1S/C12H13F2NO3S/c13-10(14)8-18-6-4-15-12(17)11-9(2-1-5-16)3-7-19-11/h3,7,10,16H,4-6,8H2,(H,15,17). The number of ether oxygens (including phenoxy) is 1. The second kappa shape index (κ2) is 8.58. The van der Waals surface area contributed by atoms with E-state index in [1.807, 2.05) is 0 Å². The molecule has 2 N–H and O–H groups in total. The summed E-state index contributed by atoms with van der Waals surface area (Å²) in [6, 6.07) is 1.68. The second-order valence-corrected chi connectivity index (χ2v) is 4.26. The van der Waals surface area contributed by atoms with Crippen molar-refractivity contribution in [3.63, 3.8) is 0 Å². The minimum Gasteiger partial charge on any atom is -0.384 e. The summed E-state index contributed by atoms with van der Waals surface area (Å²) in [5, 5.41) is 12.9. The van der Waals surface area contributed by atoms with Crippen LogP contribution in [0.25, 0.3) is 0 Å². The Morgan fingerprint density at radius 3 is 3.05 bits per heavy atom. The SMILES string of the molecule is O=C(NCCOCC(F)F)c1sccc1C#CCO. The van der Waals surface area contributed by atoms with Gasteiger partial charge in [0.15, 0.2) is 0 Å². The van der Waals surface area contributed by atoms with Crippen molar-refractivity contribution < 1.29 is 23.4 Å². The topological polar surface area (TPSA) is 58.6 Å². The Labute approximate surface area is 113 Å². The lowest BCUT2D eigenvalue weighted by molar-refractivity contribution is 0.0188. The van der Waals surface area contributed by atoms with Crippen LogP contribution in [-0.2, 0) is 4.74 Å². The van der Waals surface area contributed by atoms with E-state index in [0.717, 1.165) is 0 Å². The fraction of sp³-hybridized carbons (Fsp3) is 0.417. The minimum atomic E-state index is -2.51. The molecule has 0 radical (unpaired) electrons. The van der Waals surface area contributed by atoms with Crippen LogP contribution in [0.4, 0.5) is 8.78 Å². The van der Waals surface area contributed by atoms with Crippen LogP contribution in [0.1, 0.15) is 15.2 Å². The van der Waals surface area contributed by atoms with Crippen molar-refractivity contribution >= 4 is 17.2 Å². The maximum absolute atomic E-state index is 11.8. The van der Waals surface area contributed by atoms with Gasteiger partial charge in [-0.1, -0.05) is 11.8 Å². The molecule has 0 unspecified atom stereocenters. The maximum atomic E-state index is 11.8. The fourth-order valence-electron chi connectivity index (χ4n) is 1.21. The van der Waals surface area contributed by atoms with Crippen LogP contribution in [0, 0.1) is 11.8 Å². The molecular weight excluding hydrogens is 276 g/mol.